The van der Waals surface area contributed by atoms with Gasteiger partial charge in [-0.05, 0) is 43.7 Å². The van der Waals surface area contributed by atoms with Crippen LogP contribution in [0.5, 0.6) is 0 Å². The van der Waals surface area contributed by atoms with Crippen LogP contribution < -0.4 is 0 Å². The highest BCUT2D eigenvalue weighted by atomic mass is 32.2. The summed E-state index contributed by atoms with van der Waals surface area (Å²) in [4.78, 5) is 30.8. The van der Waals surface area contributed by atoms with Crippen LogP contribution in [0, 0.1) is 13.8 Å². The molecule has 3 heterocycles. The molecule has 29 heavy (non-hydrogen) atoms. The van der Waals surface area contributed by atoms with Gasteiger partial charge in [-0.1, -0.05) is 23.4 Å². The zero-order valence-corrected chi connectivity index (χ0v) is 16.7. The number of carbonyl (C=O) groups is 2. The lowest BCUT2D eigenvalue weighted by Gasteiger charge is -2.27. The second-order valence-electron chi connectivity index (χ2n) is 6.78. The van der Waals surface area contributed by atoms with Gasteiger partial charge >= 0.3 is 5.97 Å². The molecule has 1 amide bonds. The van der Waals surface area contributed by atoms with Gasteiger partial charge in [0.15, 0.2) is 0 Å². The number of carboxylic acid groups (broad SMARTS) is 1. The van der Waals surface area contributed by atoms with Crippen molar-refractivity contribution in [1.29, 1.82) is 0 Å². The number of aryl methyl sites for hydroxylation is 2. The SMILES string of the molecule is Cc1noc(C)c1-c1ccc(C(=O)N2[C@@H](c3ccccn3)SC[C@H]2C(=O)O)cc1. The van der Waals surface area contributed by atoms with Crippen LogP contribution in [0.4, 0.5) is 0 Å². The average molecular weight is 409 g/mol. The first-order valence-electron chi connectivity index (χ1n) is 9.08. The Bertz CT molecular complexity index is 1030. The smallest absolute Gasteiger partial charge is 0.327 e. The van der Waals surface area contributed by atoms with E-state index in [0.717, 1.165) is 16.8 Å². The number of carboxylic acids is 1. The number of rotatable bonds is 4. The number of nitrogens with zero attached hydrogens (tertiary/aromatic N) is 3. The van der Waals surface area contributed by atoms with E-state index in [1.165, 1.54) is 16.7 Å². The van der Waals surface area contributed by atoms with Gasteiger partial charge in [0, 0.05) is 23.1 Å². The first kappa shape index (κ1) is 19.2. The van der Waals surface area contributed by atoms with Crippen molar-refractivity contribution in [1.82, 2.24) is 15.0 Å². The Kier molecular flexibility index (Phi) is 5.10. The number of hydrogen-bond donors (Lipinski definition) is 1. The predicted octanol–water partition coefficient (Wildman–Crippen LogP) is 3.69. The third-order valence-electron chi connectivity index (χ3n) is 4.91. The number of aromatic nitrogens is 2. The lowest BCUT2D eigenvalue weighted by molar-refractivity contribution is -0.141. The molecule has 1 aliphatic rings. The fraction of sp³-hybridized carbons (Fsp3) is 0.238. The highest BCUT2D eigenvalue weighted by Crippen LogP contribution is 2.41. The van der Waals surface area contributed by atoms with Crippen molar-refractivity contribution in [2.24, 2.45) is 0 Å². The third kappa shape index (κ3) is 3.51. The minimum atomic E-state index is -1.02. The maximum absolute atomic E-state index is 13.3. The largest absolute Gasteiger partial charge is 0.480 e. The molecule has 0 saturated carbocycles. The summed E-state index contributed by atoms with van der Waals surface area (Å²) in [5, 5.41) is 13.2. The topological polar surface area (TPSA) is 96.5 Å². The van der Waals surface area contributed by atoms with Crippen molar-refractivity contribution in [2.75, 3.05) is 5.75 Å². The van der Waals surface area contributed by atoms with Gasteiger partial charge in [-0.2, -0.15) is 0 Å². The van der Waals surface area contributed by atoms with Crippen LogP contribution in [0.2, 0.25) is 0 Å². The van der Waals surface area contributed by atoms with Gasteiger partial charge < -0.3 is 14.5 Å². The molecule has 0 spiro atoms. The van der Waals surface area contributed by atoms with Crippen LogP contribution in [-0.4, -0.2) is 43.8 Å². The van der Waals surface area contributed by atoms with E-state index in [2.05, 4.69) is 10.1 Å². The molecule has 0 aliphatic carbocycles. The van der Waals surface area contributed by atoms with E-state index in [1.807, 2.05) is 38.1 Å². The number of benzene rings is 1. The summed E-state index contributed by atoms with van der Waals surface area (Å²) in [7, 11) is 0. The average Bonchev–Trinajstić information content (AvgIpc) is 3.32. The molecule has 2 aromatic heterocycles. The zero-order chi connectivity index (χ0) is 20.5. The number of carbonyl (C=O) groups excluding carboxylic acids is 1. The maximum Gasteiger partial charge on any atom is 0.327 e. The van der Waals surface area contributed by atoms with Crippen LogP contribution in [0.15, 0.2) is 53.2 Å². The quantitative estimate of drug-likeness (QED) is 0.702. The molecule has 0 radical (unpaired) electrons. The second kappa shape index (κ2) is 7.71. The number of aliphatic carboxylic acids is 1. The molecule has 0 bridgehead atoms. The van der Waals surface area contributed by atoms with E-state index >= 15 is 0 Å². The lowest BCUT2D eigenvalue weighted by atomic mass is 10.0. The minimum Gasteiger partial charge on any atom is -0.480 e. The Morgan fingerprint density at radius 2 is 1.93 bits per heavy atom. The molecular weight excluding hydrogens is 390 g/mol. The van der Waals surface area contributed by atoms with Gasteiger partial charge in [0.05, 0.1) is 11.4 Å². The Morgan fingerprint density at radius 3 is 2.52 bits per heavy atom. The van der Waals surface area contributed by atoms with E-state index in [4.69, 9.17) is 4.52 Å². The molecule has 1 aromatic carbocycles. The van der Waals surface area contributed by atoms with Gasteiger partial charge in [-0.15, -0.1) is 11.8 Å². The van der Waals surface area contributed by atoms with E-state index in [0.29, 0.717) is 22.8 Å². The summed E-state index contributed by atoms with van der Waals surface area (Å²) >= 11 is 1.41. The summed E-state index contributed by atoms with van der Waals surface area (Å²) in [5.41, 5.74) is 3.66. The van der Waals surface area contributed by atoms with Gasteiger partial charge in [0.2, 0.25) is 0 Å². The van der Waals surface area contributed by atoms with E-state index < -0.39 is 17.4 Å². The molecule has 1 saturated heterocycles. The molecule has 7 nitrogen and oxygen atoms in total. The highest BCUT2D eigenvalue weighted by Gasteiger charge is 2.43. The molecule has 1 aliphatic heterocycles. The molecule has 3 aromatic rings. The molecule has 1 N–H and O–H groups in total. The van der Waals surface area contributed by atoms with Crippen LogP contribution >= 0.6 is 11.8 Å². The minimum absolute atomic E-state index is 0.319. The number of hydrogen-bond acceptors (Lipinski definition) is 6. The van der Waals surface area contributed by atoms with Crippen LogP contribution in [0.3, 0.4) is 0 Å². The number of thioether (sulfide) groups is 1. The van der Waals surface area contributed by atoms with Gasteiger partial charge in [-0.25, -0.2) is 4.79 Å². The summed E-state index contributed by atoms with van der Waals surface area (Å²) < 4.78 is 5.21. The molecule has 0 unspecified atom stereocenters. The normalized spacial score (nSPS) is 18.8. The molecule has 4 rings (SSSR count). The fourth-order valence-corrected chi connectivity index (χ4v) is 4.90. The van der Waals surface area contributed by atoms with Crippen LogP contribution in [0.1, 0.15) is 32.9 Å². The highest BCUT2D eigenvalue weighted by molar-refractivity contribution is 7.99. The second-order valence-corrected chi connectivity index (χ2v) is 7.90. The Morgan fingerprint density at radius 1 is 1.17 bits per heavy atom. The molecule has 2 atom stereocenters. The summed E-state index contributed by atoms with van der Waals surface area (Å²) in [6, 6.07) is 11.6. The summed E-state index contributed by atoms with van der Waals surface area (Å²) in [6.45, 7) is 3.70. The monoisotopic (exact) mass is 409 g/mol. The van der Waals surface area contributed by atoms with E-state index in [1.54, 1.807) is 24.4 Å². The zero-order valence-electron chi connectivity index (χ0n) is 15.9. The Labute approximate surface area is 171 Å². The first-order chi connectivity index (χ1) is 14.0. The number of pyridine rings is 1. The Hall–Kier alpha value is -3.13. The third-order valence-corrected chi connectivity index (χ3v) is 6.21. The predicted molar refractivity (Wildman–Crippen MR) is 108 cm³/mol. The maximum atomic E-state index is 13.3. The first-order valence-corrected chi connectivity index (χ1v) is 10.1. The van der Waals surface area contributed by atoms with Crippen molar-refractivity contribution in [3.05, 3.63) is 71.4 Å². The van der Waals surface area contributed by atoms with Gasteiger partial charge in [-0.3, -0.25) is 9.78 Å². The van der Waals surface area contributed by atoms with Crippen LogP contribution in [-0.2, 0) is 4.79 Å². The van der Waals surface area contributed by atoms with Crippen molar-refractivity contribution in [2.45, 2.75) is 25.3 Å². The van der Waals surface area contributed by atoms with Crippen LogP contribution in [0.25, 0.3) is 11.1 Å². The van der Waals surface area contributed by atoms with Crippen molar-refractivity contribution in [3.63, 3.8) is 0 Å². The molecule has 1 fully saturated rings. The molecule has 8 heteroatoms. The summed E-state index contributed by atoms with van der Waals surface area (Å²) in [6.07, 6.45) is 1.64. The van der Waals surface area contributed by atoms with E-state index in [9.17, 15) is 14.7 Å². The standard InChI is InChI=1S/C21H19N3O4S/c1-12-18(13(2)28-23-12)14-6-8-15(9-7-14)19(25)24-17(21(26)27)11-29-20(24)16-5-3-4-10-22-16/h3-10,17,20H,11H2,1-2H3,(H,26,27)/t17-,20+/m0/s1. The number of amides is 1. The lowest BCUT2D eigenvalue weighted by Crippen LogP contribution is -2.43. The molecular formula is C21H19N3O4S. The van der Waals surface area contributed by atoms with Crippen molar-refractivity contribution < 1.29 is 19.2 Å². The summed E-state index contributed by atoms with van der Waals surface area (Å²) in [5.74, 6) is -0.321. The van der Waals surface area contributed by atoms with Crippen molar-refractivity contribution >= 4 is 23.6 Å². The van der Waals surface area contributed by atoms with Gasteiger partial charge in [0.25, 0.3) is 5.91 Å². The Balaban J connectivity index is 1.66. The fourth-order valence-electron chi connectivity index (χ4n) is 3.52. The van der Waals surface area contributed by atoms with E-state index in [-0.39, 0.29) is 5.91 Å². The van der Waals surface area contributed by atoms with Gasteiger partial charge in [0.1, 0.15) is 17.2 Å². The molecule has 148 valence electrons. The van der Waals surface area contributed by atoms with Crippen molar-refractivity contribution in [3.8, 4) is 11.1 Å².